The van der Waals surface area contributed by atoms with E-state index in [1.165, 1.54) is 6.07 Å². The monoisotopic (exact) mass is 308 g/mol. The van der Waals surface area contributed by atoms with Crippen molar-refractivity contribution in [1.82, 2.24) is 10.2 Å². The van der Waals surface area contributed by atoms with E-state index in [4.69, 9.17) is 4.74 Å². The Labute approximate surface area is 131 Å². The van der Waals surface area contributed by atoms with Crippen molar-refractivity contribution >= 4 is 5.91 Å². The van der Waals surface area contributed by atoms with E-state index in [1.807, 2.05) is 24.8 Å². The first-order valence-electron chi connectivity index (χ1n) is 7.93. The van der Waals surface area contributed by atoms with Gasteiger partial charge in [0.15, 0.2) is 0 Å². The Morgan fingerprint density at radius 3 is 2.64 bits per heavy atom. The number of benzene rings is 1. The van der Waals surface area contributed by atoms with Crippen molar-refractivity contribution in [2.75, 3.05) is 32.8 Å². The van der Waals surface area contributed by atoms with Crippen molar-refractivity contribution in [3.05, 3.63) is 35.6 Å². The quantitative estimate of drug-likeness (QED) is 0.872. The van der Waals surface area contributed by atoms with Crippen LogP contribution >= 0.6 is 0 Å². The van der Waals surface area contributed by atoms with Gasteiger partial charge in [0.2, 0.25) is 5.91 Å². The average molecular weight is 308 g/mol. The van der Waals surface area contributed by atoms with Crippen LogP contribution in [-0.4, -0.2) is 49.7 Å². The number of halogens is 1. The predicted octanol–water partition coefficient (Wildman–Crippen LogP) is 1.84. The number of carbonyl (C=O) groups is 1. The van der Waals surface area contributed by atoms with Gasteiger partial charge in [0.25, 0.3) is 0 Å². The van der Waals surface area contributed by atoms with Gasteiger partial charge in [-0.25, -0.2) is 4.39 Å². The first-order valence-corrected chi connectivity index (χ1v) is 7.93. The summed E-state index contributed by atoms with van der Waals surface area (Å²) < 4.78 is 18.9. The molecule has 1 heterocycles. The van der Waals surface area contributed by atoms with Crippen LogP contribution in [0.5, 0.6) is 0 Å². The lowest BCUT2D eigenvalue weighted by Crippen LogP contribution is -2.52. The van der Waals surface area contributed by atoms with Crippen molar-refractivity contribution in [2.24, 2.45) is 5.92 Å². The molecule has 1 unspecified atom stereocenters. The second-order valence-corrected chi connectivity index (χ2v) is 5.95. The Kier molecular flexibility index (Phi) is 6.34. The lowest BCUT2D eigenvalue weighted by molar-refractivity contribution is -0.138. The summed E-state index contributed by atoms with van der Waals surface area (Å²) in [5.41, 5.74) is 0.677. The fourth-order valence-corrected chi connectivity index (χ4v) is 2.65. The van der Waals surface area contributed by atoms with Gasteiger partial charge in [0.1, 0.15) is 5.82 Å². The summed E-state index contributed by atoms with van der Waals surface area (Å²) in [4.78, 5) is 14.4. The van der Waals surface area contributed by atoms with Crippen LogP contribution < -0.4 is 5.32 Å². The normalized spacial score (nSPS) is 16.8. The number of hydrogen-bond donors (Lipinski definition) is 1. The van der Waals surface area contributed by atoms with Crippen LogP contribution in [0, 0.1) is 11.7 Å². The maximum absolute atomic E-state index is 13.6. The van der Waals surface area contributed by atoms with Crippen molar-refractivity contribution in [3.8, 4) is 0 Å². The van der Waals surface area contributed by atoms with Crippen molar-refractivity contribution < 1.29 is 13.9 Å². The van der Waals surface area contributed by atoms with Gasteiger partial charge in [-0.15, -0.1) is 0 Å². The molecule has 1 aromatic rings. The molecule has 122 valence electrons. The number of carbonyl (C=O) groups excluding carboxylic acids is 1. The Morgan fingerprint density at radius 1 is 1.32 bits per heavy atom. The summed E-state index contributed by atoms with van der Waals surface area (Å²) in [6.45, 7) is 7.14. The largest absolute Gasteiger partial charge is 0.378 e. The molecule has 1 atom stereocenters. The van der Waals surface area contributed by atoms with E-state index in [0.717, 1.165) is 0 Å². The van der Waals surface area contributed by atoms with Crippen LogP contribution in [0.1, 0.15) is 19.4 Å². The van der Waals surface area contributed by atoms with E-state index in [2.05, 4.69) is 5.32 Å². The summed E-state index contributed by atoms with van der Waals surface area (Å²) >= 11 is 0. The number of morpholine rings is 1. The lowest BCUT2D eigenvalue weighted by Gasteiger charge is -2.32. The zero-order chi connectivity index (χ0) is 15.9. The molecule has 1 saturated heterocycles. The van der Waals surface area contributed by atoms with E-state index < -0.39 is 0 Å². The number of nitrogens with zero attached hydrogens (tertiary/aromatic N) is 1. The molecule has 1 aliphatic rings. The fraction of sp³-hybridized carbons (Fsp3) is 0.588. The molecule has 1 aromatic carbocycles. The van der Waals surface area contributed by atoms with E-state index in [0.29, 0.717) is 44.8 Å². The Morgan fingerprint density at radius 2 is 2.00 bits per heavy atom. The van der Waals surface area contributed by atoms with Crippen LogP contribution in [0.3, 0.4) is 0 Å². The molecule has 1 fully saturated rings. The van der Waals surface area contributed by atoms with E-state index in [9.17, 15) is 9.18 Å². The molecular formula is C17H25FN2O2. The lowest BCUT2D eigenvalue weighted by atomic mass is 10.0. The zero-order valence-corrected chi connectivity index (χ0v) is 13.3. The summed E-state index contributed by atoms with van der Waals surface area (Å²) in [5, 5.41) is 3.29. The summed E-state index contributed by atoms with van der Waals surface area (Å²) in [6, 6.07) is 6.53. The fourth-order valence-electron chi connectivity index (χ4n) is 2.65. The highest BCUT2D eigenvalue weighted by Gasteiger charge is 2.27. The summed E-state index contributed by atoms with van der Waals surface area (Å²) in [6.07, 6.45) is 0.576. The van der Waals surface area contributed by atoms with E-state index in [-0.39, 0.29) is 23.7 Å². The first-order chi connectivity index (χ1) is 10.6. The van der Waals surface area contributed by atoms with Crippen LogP contribution in [0.4, 0.5) is 4.39 Å². The highest BCUT2D eigenvalue weighted by molar-refractivity contribution is 5.82. The standard InChI is InChI=1S/C17H25FN2O2/c1-13(2)16(17(21)20-9-11-22-12-10-20)19-8-7-14-5-3-4-6-15(14)18/h3-6,13,16,19H,7-12H2,1-2H3. The second kappa shape index (κ2) is 8.25. The van der Waals surface area contributed by atoms with Gasteiger partial charge in [0, 0.05) is 19.6 Å². The number of amides is 1. The number of hydrogen-bond acceptors (Lipinski definition) is 3. The zero-order valence-electron chi connectivity index (χ0n) is 13.3. The molecule has 0 radical (unpaired) electrons. The molecule has 0 bridgehead atoms. The van der Waals surface area contributed by atoms with Gasteiger partial charge < -0.3 is 15.0 Å². The average Bonchev–Trinajstić information content (AvgIpc) is 2.53. The van der Waals surface area contributed by atoms with Crippen molar-refractivity contribution in [2.45, 2.75) is 26.3 Å². The molecule has 4 nitrogen and oxygen atoms in total. The molecule has 1 N–H and O–H groups in total. The van der Waals surface area contributed by atoms with Crippen molar-refractivity contribution in [1.29, 1.82) is 0 Å². The molecule has 1 aliphatic heterocycles. The Bertz CT molecular complexity index is 487. The number of nitrogens with one attached hydrogen (secondary N) is 1. The third kappa shape index (κ3) is 4.52. The smallest absolute Gasteiger partial charge is 0.240 e. The van der Waals surface area contributed by atoms with Gasteiger partial charge in [0.05, 0.1) is 19.3 Å². The molecule has 2 rings (SSSR count). The van der Waals surface area contributed by atoms with Gasteiger partial charge in [-0.2, -0.15) is 0 Å². The van der Waals surface area contributed by atoms with Gasteiger partial charge >= 0.3 is 0 Å². The topological polar surface area (TPSA) is 41.6 Å². The predicted molar refractivity (Wildman–Crippen MR) is 84.1 cm³/mol. The van der Waals surface area contributed by atoms with Crippen LogP contribution in [-0.2, 0) is 16.0 Å². The van der Waals surface area contributed by atoms with Crippen LogP contribution in [0.15, 0.2) is 24.3 Å². The molecule has 0 aromatic heterocycles. The Balaban J connectivity index is 1.88. The highest BCUT2D eigenvalue weighted by atomic mass is 19.1. The third-order valence-electron chi connectivity index (χ3n) is 3.97. The molecule has 0 saturated carbocycles. The number of ether oxygens (including phenoxy) is 1. The molecule has 1 amide bonds. The second-order valence-electron chi connectivity index (χ2n) is 5.95. The minimum absolute atomic E-state index is 0.117. The van der Waals surface area contributed by atoms with Gasteiger partial charge in [-0.1, -0.05) is 32.0 Å². The molecule has 0 spiro atoms. The van der Waals surface area contributed by atoms with E-state index >= 15 is 0 Å². The van der Waals surface area contributed by atoms with E-state index in [1.54, 1.807) is 12.1 Å². The molecule has 0 aliphatic carbocycles. The SMILES string of the molecule is CC(C)C(NCCc1ccccc1F)C(=O)N1CCOCC1. The van der Waals surface area contributed by atoms with Gasteiger partial charge in [-0.3, -0.25) is 4.79 Å². The minimum atomic E-state index is -0.232. The first kappa shape index (κ1) is 16.9. The number of rotatable bonds is 6. The maximum Gasteiger partial charge on any atom is 0.240 e. The summed E-state index contributed by atoms with van der Waals surface area (Å²) in [5.74, 6) is 0.118. The van der Waals surface area contributed by atoms with Crippen LogP contribution in [0.2, 0.25) is 0 Å². The maximum atomic E-state index is 13.6. The highest BCUT2D eigenvalue weighted by Crippen LogP contribution is 2.10. The molecule has 22 heavy (non-hydrogen) atoms. The molecular weight excluding hydrogens is 283 g/mol. The van der Waals surface area contributed by atoms with Crippen LogP contribution in [0.25, 0.3) is 0 Å². The third-order valence-corrected chi connectivity index (χ3v) is 3.97. The molecule has 5 heteroatoms. The minimum Gasteiger partial charge on any atom is -0.378 e. The van der Waals surface area contributed by atoms with Crippen molar-refractivity contribution in [3.63, 3.8) is 0 Å². The Hall–Kier alpha value is -1.46. The van der Waals surface area contributed by atoms with Gasteiger partial charge in [-0.05, 0) is 24.0 Å². The summed E-state index contributed by atoms with van der Waals surface area (Å²) in [7, 11) is 0.